The Morgan fingerprint density at radius 3 is 2.60 bits per heavy atom. The van der Waals surface area contributed by atoms with E-state index in [1.807, 2.05) is 22.8 Å². The molecule has 7 nitrogen and oxygen atoms in total. The highest BCUT2D eigenvalue weighted by Crippen LogP contribution is 2.29. The highest BCUT2D eigenvalue weighted by molar-refractivity contribution is 6.31. The number of halogens is 2. The molecular weight excluding hydrogens is 471 g/mol. The lowest BCUT2D eigenvalue weighted by atomic mass is 9.95. The Labute approximate surface area is 207 Å². The molecule has 1 unspecified atom stereocenters. The van der Waals surface area contributed by atoms with Crippen LogP contribution in [0.1, 0.15) is 46.3 Å². The summed E-state index contributed by atoms with van der Waals surface area (Å²) in [6.45, 7) is 2.14. The number of nitrogens with one attached hydrogen (secondary N) is 1. The second kappa shape index (κ2) is 10.2. The Morgan fingerprint density at radius 2 is 1.86 bits per heavy atom. The van der Waals surface area contributed by atoms with E-state index in [1.54, 1.807) is 29.4 Å². The van der Waals surface area contributed by atoms with Gasteiger partial charge in [-0.3, -0.25) is 9.59 Å². The summed E-state index contributed by atoms with van der Waals surface area (Å²) in [6, 6.07) is 13.7. The van der Waals surface area contributed by atoms with Crippen molar-refractivity contribution in [3.63, 3.8) is 0 Å². The van der Waals surface area contributed by atoms with E-state index in [1.165, 1.54) is 12.1 Å². The van der Waals surface area contributed by atoms with Gasteiger partial charge in [0.2, 0.25) is 5.91 Å². The standard InChI is InChI=1S/C26H26ClFN4O3/c27-21-4-2-1-3-19(21)13-29-25(33)18-9-11-31(12-10-18)26(34)24-22-15-35-23(14-32(22)16-30-24)17-5-7-20(28)8-6-17/h1-8,16,18,23H,9-15H2,(H,29,33). The molecule has 9 heteroatoms. The van der Waals surface area contributed by atoms with Crippen LogP contribution in [-0.4, -0.2) is 39.4 Å². The lowest BCUT2D eigenvalue weighted by molar-refractivity contribution is -0.126. The van der Waals surface area contributed by atoms with Crippen molar-refractivity contribution in [3.05, 3.63) is 88.2 Å². The Morgan fingerprint density at radius 1 is 1.11 bits per heavy atom. The number of piperidine rings is 1. The number of rotatable bonds is 5. The van der Waals surface area contributed by atoms with Crippen LogP contribution in [-0.2, 0) is 29.2 Å². The smallest absolute Gasteiger partial charge is 0.274 e. The number of imidazole rings is 1. The third-order valence-corrected chi connectivity index (χ3v) is 7.11. The minimum atomic E-state index is -0.289. The molecule has 1 aromatic heterocycles. The molecule has 182 valence electrons. The van der Waals surface area contributed by atoms with Crippen LogP contribution in [0.3, 0.4) is 0 Å². The third kappa shape index (κ3) is 5.09. The Kier molecular flexibility index (Phi) is 6.83. The topological polar surface area (TPSA) is 76.5 Å². The molecule has 3 aromatic rings. The lowest BCUT2D eigenvalue weighted by Gasteiger charge is -2.31. The van der Waals surface area contributed by atoms with Gasteiger partial charge < -0.3 is 19.5 Å². The summed E-state index contributed by atoms with van der Waals surface area (Å²) in [4.78, 5) is 32.0. The first-order valence-corrected chi connectivity index (χ1v) is 12.1. The van der Waals surface area contributed by atoms with Gasteiger partial charge in [0.05, 0.1) is 25.2 Å². The maximum atomic E-state index is 13.2. The highest BCUT2D eigenvalue weighted by Gasteiger charge is 2.32. The summed E-state index contributed by atoms with van der Waals surface area (Å²) in [6.07, 6.45) is 2.63. The van der Waals surface area contributed by atoms with Gasteiger partial charge in [-0.15, -0.1) is 0 Å². The van der Waals surface area contributed by atoms with Crippen LogP contribution in [0.5, 0.6) is 0 Å². The molecule has 1 fully saturated rings. The Bertz CT molecular complexity index is 1220. The number of nitrogens with zero attached hydrogens (tertiary/aromatic N) is 3. The van der Waals surface area contributed by atoms with Crippen molar-refractivity contribution in [1.29, 1.82) is 0 Å². The average molecular weight is 497 g/mol. The van der Waals surface area contributed by atoms with E-state index in [4.69, 9.17) is 16.3 Å². The number of hydrogen-bond donors (Lipinski definition) is 1. The van der Waals surface area contributed by atoms with Gasteiger partial charge in [-0.2, -0.15) is 0 Å². The lowest BCUT2D eigenvalue weighted by Crippen LogP contribution is -2.43. The number of hydrogen-bond acceptors (Lipinski definition) is 4. The maximum absolute atomic E-state index is 13.2. The highest BCUT2D eigenvalue weighted by atomic mass is 35.5. The summed E-state index contributed by atoms with van der Waals surface area (Å²) >= 11 is 6.17. The molecule has 1 atom stereocenters. The molecule has 1 N–H and O–H groups in total. The van der Waals surface area contributed by atoms with Crippen LogP contribution in [0.2, 0.25) is 5.02 Å². The molecule has 3 heterocycles. The number of amides is 2. The third-order valence-electron chi connectivity index (χ3n) is 6.74. The first kappa shape index (κ1) is 23.5. The monoisotopic (exact) mass is 496 g/mol. The van der Waals surface area contributed by atoms with Crippen LogP contribution in [0.15, 0.2) is 54.9 Å². The Hall–Kier alpha value is -3.23. The molecule has 1 saturated heterocycles. The number of benzene rings is 2. The van der Waals surface area contributed by atoms with Crippen molar-refractivity contribution < 1.29 is 18.7 Å². The zero-order chi connectivity index (χ0) is 24.4. The summed E-state index contributed by atoms with van der Waals surface area (Å²) in [5.74, 6) is -0.589. The molecule has 0 saturated carbocycles. The van der Waals surface area contributed by atoms with Crippen molar-refractivity contribution in [2.24, 2.45) is 5.92 Å². The van der Waals surface area contributed by atoms with Crippen LogP contribution in [0, 0.1) is 11.7 Å². The SMILES string of the molecule is O=C(NCc1ccccc1Cl)C1CCN(C(=O)c2ncn3c2COC(c2ccc(F)cc2)C3)CC1. The molecule has 35 heavy (non-hydrogen) atoms. The molecule has 2 aliphatic rings. The molecular formula is C26H26ClFN4O3. The summed E-state index contributed by atoms with van der Waals surface area (Å²) in [5, 5.41) is 3.59. The minimum Gasteiger partial charge on any atom is -0.365 e. The molecule has 0 bridgehead atoms. The fraction of sp³-hybridized carbons (Fsp3) is 0.346. The van der Waals surface area contributed by atoms with E-state index >= 15 is 0 Å². The van der Waals surface area contributed by atoms with Crippen LogP contribution in [0.25, 0.3) is 0 Å². The summed E-state index contributed by atoms with van der Waals surface area (Å²) in [5.41, 5.74) is 2.90. The largest absolute Gasteiger partial charge is 0.365 e. The van der Waals surface area contributed by atoms with Crippen LogP contribution >= 0.6 is 11.6 Å². The van der Waals surface area contributed by atoms with Crippen molar-refractivity contribution >= 4 is 23.4 Å². The predicted molar refractivity (Wildman–Crippen MR) is 128 cm³/mol. The molecule has 2 aromatic carbocycles. The van der Waals surface area contributed by atoms with Gasteiger partial charge in [0.1, 0.15) is 11.9 Å². The average Bonchev–Trinajstić information content (AvgIpc) is 3.31. The van der Waals surface area contributed by atoms with E-state index in [2.05, 4.69) is 10.3 Å². The molecule has 5 rings (SSSR count). The zero-order valence-corrected chi connectivity index (χ0v) is 19.9. The molecule has 2 amide bonds. The van der Waals surface area contributed by atoms with Crippen molar-refractivity contribution in [1.82, 2.24) is 19.8 Å². The number of carbonyl (C=O) groups excluding carboxylic acids is 2. The number of aromatic nitrogens is 2. The zero-order valence-electron chi connectivity index (χ0n) is 19.1. The molecule has 0 aliphatic carbocycles. The Balaban J connectivity index is 1.16. The van der Waals surface area contributed by atoms with Gasteiger partial charge in [0.15, 0.2) is 5.69 Å². The van der Waals surface area contributed by atoms with Gasteiger partial charge >= 0.3 is 0 Å². The molecule has 0 radical (unpaired) electrons. The number of fused-ring (bicyclic) bond motifs is 1. The fourth-order valence-electron chi connectivity index (χ4n) is 4.65. The van der Waals surface area contributed by atoms with Crippen LogP contribution < -0.4 is 5.32 Å². The summed E-state index contributed by atoms with van der Waals surface area (Å²) in [7, 11) is 0. The second-order valence-electron chi connectivity index (χ2n) is 8.92. The first-order valence-electron chi connectivity index (χ1n) is 11.7. The minimum absolute atomic E-state index is 0.0170. The number of ether oxygens (including phenoxy) is 1. The van der Waals surface area contributed by atoms with Crippen LogP contribution in [0.4, 0.5) is 4.39 Å². The first-order chi connectivity index (χ1) is 17.0. The number of carbonyl (C=O) groups is 2. The van der Waals surface area contributed by atoms with E-state index in [0.29, 0.717) is 49.7 Å². The van der Waals surface area contributed by atoms with Crippen molar-refractivity contribution in [2.45, 2.75) is 38.6 Å². The van der Waals surface area contributed by atoms with Gasteiger partial charge in [-0.25, -0.2) is 9.37 Å². The van der Waals surface area contributed by atoms with E-state index in [-0.39, 0.29) is 36.3 Å². The van der Waals surface area contributed by atoms with E-state index < -0.39 is 0 Å². The van der Waals surface area contributed by atoms with E-state index in [9.17, 15) is 14.0 Å². The quantitative estimate of drug-likeness (QED) is 0.576. The second-order valence-corrected chi connectivity index (χ2v) is 9.33. The van der Waals surface area contributed by atoms with Crippen molar-refractivity contribution in [3.8, 4) is 0 Å². The van der Waals surface area contributed by atoms with Gasteiger partial charge in [-0.1, -0.05) is 41.9 Å². The van der Waals surface area contributed by atoms with E-state index in [0.717, 1.165) is 16.8 Å². The molecule has 0 spiro atoms. The van der Waals surface area contributed by atoms with Gasteiger partial charge in [0.25, 0.3) is 5.91 Å². The number of likely N-dealkylation sites (tertiary alicyclic amines) is 1. The normalized spacial score (nSPS) is 18.2. The maximum Gasteiger partial charge on any atom is 0.274 e. The fourth-order valence-corrected chi connectivity index (χ4v) is 4.85. The molecule has 2 aliphatic heterocycles. The van der Waals surface area contributed by atoms with Gasteiger partial charge in [-0.05, 0) is 42.2 Å². The van der Waals surface area contributed by atoms with Crippen molar-refractivity contribution in [2.75, 3.05) is 13.1 Å². The predicted octanol–water partition coefficient (Wildman–Crippen LogP) is 4.12. The van der Waals surface area contributed by atoms with Gasteiger partial charge in [0, 0.05) is 30.6 Å². The summed E-state index contributed by atoms with van der Waals surface area (Å²) < 4.78 is 21.1.